The number of nitrogens with zero attached hydrogens (tertiary/aromatic N) is 2. The summed E-state index contributed by atoms with van der Waals surface area (Å²) in [5.74, 6) is 0.714. The Bertz CT molecular complexity index is 680. The molecule has 6 nitrogen and oxygen atoms in total. The normalized spacial score (nSPS) is 10.6. The van der Waals surface area contributed by atoms with E-state index in [1.165, 1.54) is 18.3 Å². The number of carbonyl (C=O) groups is 2. The van der Waals surface area contributed by atoms with Gasteiger partial charge in [-0.25, -0.2) is 0 Å². The molecular formula is C16H19N3O3S. The summed E-state index contributed by atoms with van der Waals surface area (Å²) in [5.41, 5.74) is 0.605. The number of hydrogen-bond acceptors (Lipinski definition) is 6. The molecule has 0 saturated heterocycles. The number of nitrogens with one attached hydrogen (secondary N) is 1. The summed E-state index contributed by atoms with van der Waals surface area (Å²) in [7, 11) is 0. The third kappa shape index (κ3) is 5.45. The van der Waals surface area contributed by atoms with E-state index >= 15 is 0 Å². The highest BCUT2D eigenvalue weighted by Crippen LogP contribution is 2.18. The van der Waals surface area contributed by atoms with Crippen LogP contribution in [0, 0.1) is 5.92 Å². The van der Waals surface area contributed by atoms with E-state index in [1.807, 2.05) is 0 Å². The van der Waals surface area contributed by atoms with E-state index in [9.17, 15) is 9.59 Å². The molecule has 122 valence electrons. The third-order valence-corrected chi connectivity index (χ3v) is 3.79. The van der Waals surface area contributed by atoms with E-state index in [1.54, 1.807) is 24.3 Å². The number of anilines is 1. The van der Waals surface area contributed by atoms with Crippen molar-refractivity contribution >= 4 is 28.2 Å². The van der Waals surface area contributed by atoms with E-state index in [4.69, 9.17) is 4.74 Å². The maximum atomic E-state index is 11.8. The zero-order valence-corrected chi connectivity index (χ0v) is 14.1. The highest BCUT2D eigenvalue weighted by Gasteiger charge is 2.10. The van der Waals surface area contributed by atoms with Crippen molar-refractivity contribution in [2.24, 2.45) is 5.92 Å². The van der Waals surface area contributed by atoms with Crippen molar-refractivity contribution in [2.45, 2.75) is 27.2 Å². The number of ketones is 1. The molecule has 2 rings (SSSR count). The number of amides is 1. The molecule has 0 radical (unpaired) electrons. The van der Waals surface area contributed by atoms with Crippen molar-refractivity contribution in [3.8, 4) is 5.75 Å². The summed E-state index contributed by atoms with van der Waals surface area (Å²) in [6, 6.07) is 6.66. The molecule has 23 heavy (non-hydrogen) atoms. The highest BCUT2D eigenvalue weighted by atomic mass is 32.1. The van der Waals surface area contributed by atoms with Gasteiger partial charge in [-0.15, -0.1) is 10.2 Å². The van der Waals surface area contributed by atoms with E-state index < -0.39 is 0 Å². The lowest BCUT2D eigenvalue weighted by molar-refractivity contribution is -0.118. The van der Waals surface area contributed by atoms with Gasteiger partial charge < -0.3 is 4.74 Å². The SMILES string of the molecule is CC(=O)c1ccc(OCC(=O)Nc2nnc(CC(C)C)s2)cc1. The Morgan fingerprint density at radius 1 is 1.22 bits per heavy atom. The second-order valence-corrected chi connectivity index (χ2v) is 6.58. The standard InChI is InChI=1S/C16H19N3O3S/c1-10(2)8-15-18-19-16(23-15)17-14(21)9-22-13-6-4-12(5-7-13)11(3)20/h4-7,10H,8-9H2,1-3H3,(H,17,19,21). The molecule has 1 aromatic carbocycles. The van der Waals surface area contributed by atoms with Crippen molar-refractivity contribution in [3.63, 3.8) is 0 Å². The fourth-order valence-electron chi connectivity index (χ4n) is 1.83. The van der Waals surface area contributed by atoms with Gasteiger partial charge in [0.15, 0.2) is 12.4 Å². The molecule has 2 aromatic rings. The maximum absolute atomic E-state index is 11.8. The van der Waals surface area contributed by atoms with Gasteiger partial charge in [-0.3, -0.25) is 14.9 Å². The first-order valence-electron chi connectivity index (χ1n) is 7.30. The predicted molar refractivity (Wildman–Crippen MR) is 89.0 cm³/mol. The molecule has 0 aliphatic carbocycles. The third-order valence-electron chi connectivity index (χ3n) is 2.93. The van der Waals surface area contributed by atoms with E-state index in [0.29, 0.717) is 22.4 Å². The van der Waals surface area contributed by atoms with Crippen molar-refractivity contribution in [1.29, 1.82) is 0 Å². The first-order valence-corrected chi connectivity index (χ1v) is 8.11. The fraction of sp³-hybridized carbons (Fsp3) is 0.375. The van der Waals surface area contributed by atoms with Gasteiger partial charge in [0.1, 0.15) is 10.8 Å². The van der Waals surface area contributed by atoms with Crippen LogP contribution in [0.3, 0.4) is 0 Å². The summed E-state index contributed by atoms with van der Waals surface area (Å²) in [5, 5.41) is 12.0. The second kappa shape index (κ2) is 7.82. The van der Waals surface area contributed by atoms with Crippen LogP contribution in [0.2, 0.25) is 0 Å². The zero-order valence-electron chi connectivity index (χ0n) is 13.3. The lowest BCUT2D eigenvalue weighted by Gasteiger charge is -2.06. The second-order valence-electron chi connectivity index (χ2n) is 5.52. The minimum absolute atomic E-state index is 0.0113. The van der Waals surface area contributed by atoms with Crippen LogP contribution in [-0.4, -0.2) is 28.5 Å². The average molecular weight is 333 g/mol. The number of Topliss-reactive ketones (excluding diaryl/α,β-unsaturated/α-hetero) is 1. The Labute approximate surface area is 138 Å². The van der Waals surface area contributed by atoms with E-state index in [0.717, 1.165) is 11.4 Å². The molecule has 1 amide bonds. The van der Waals surface area contributed by atoms with Crippen LogP contribution in [0.25, 0.3) is 0 Å². The molecule has 0 saturated carbocycles. The van der Waals surface area contributed by atoms with Gasteiger partial charge in [-0.1, -0.05) is 25.2 Å². The monoisotopic (exact) mass is 333 g/mol. The Morgan fingerprint density at radius 2 is 1.91 bits per heavy atom. The van der Waals surface area contributed by atoms with Crippen LogP contribution in [0.5, 0.6) is 5.75 Å². The Kier molecular flexibility index (Phi) is 5.81. The summed E-state index contributed by atoms with van der Waals surface area (Å²) in [6.45, 7) is 5.58. The predicted octanol–water partition coefficient (Wildman–Crippen LogP) is 2.96. The van der Waals surface area contributed by atoms with Crippen LogP contribution in [0.1, 0.15) is 36.1 Å². The highest BCUT2D eigenvalue weighted by molar-refractivity contribution is 7.15. The number of ether oxygens (including phenoxy) is 1. The maximum Gasteiger partial charge on any atom is 0.264 e. The minimum Gasteiger partial charge on any atom is -0.484 e. The van der Waals surface area contributed by atoms with Crippen molar-refractivity contribution in [1.82, 2.24) is 10.2 Å². The Balaban J connectivity index is 1.82. The number of aromatic nitrogens is 2. The molecule has 0 aliphatic heterocycles. The van der Waals surface area contributed by atoms with Crippen LogP contribution in [-0.2, 0) is 11.2 Å². The van der Waals surface area contributed by atoms with Gasteiger partial charge >= 0.3 is 0 Å². The summed E-state index contributed by atoms with van der Waals surface area (Å²) in [4.78, 5) is 23.0. The average Bonchev–Trinajstić information content (AvgIpc) is 2.91. The summed E-state index contributed by atoms with van der Waals surface area (Å²) < 4.78 is 5.38. The van der Waals surface area contributed by atoms with Gasteiger partial charge in [-0.05, 0) is 37.1 Å². The van der Waals surface area contributed by atoms with Crippen LogP contribution in [0.15, 0.2) is 24.3 Å². The lowest BCUT2D eigenvalue weighted by atomic mass is 10.1. The van der Waals surface area contributed by atoms with Gasteiger partial charge in [0, 0.05) is 12.0 Å². The van der Waals surface area contributed by atoms with Crippen LogP contribution in [0.4, 0.5) is 5.13 Å². The molecule has 1 N–H and O–H groups in total. The van der Waals surface area contributed by atoms with Crippen LogP contribution >= 0.6 is 11.3 Å². The molecule has 0 bridgehead atoms. The number of hydrogen-bond donors (Lipinski definition) is 1. The van der Waals surface area contributed by atoms with E-state index in [2.05, 4.69) is 29.4 Å². The smallest absolute Gasteiger partial charge is 0.264 e. The first kappa shape index (κ1) is 17.1. The summed E-state index contributed by atoms with van der Waals surface area (Å²) in [6.07, 6.45) is 0.840. The quantitative estimate of drug-likeness (QED) is 0.788. The van der Waals surface area contributed by atoms with Gasteiger partial charge in [0.2, 0.25) is 5.13 Å². The molecule has 0 aliphatic rings. The number of rotatable bonds is 7. The van der Waals surface area contributed by atoms with Gasteiger partial charge in [0.25, 0.3) is 5.91 Å². The van der Waals surface area contributed by atoms with Crippen molar-refractivity contribution in [3.05, 3.63) is 34.8 Å². The summed E-state index contributed by atoms with van der Waals surface area (Å²) >= 11 is 1.37. The Hall–Kier alpha value is -2.28. The van der Waals surface area contributed by atoms with Gasteiger partial charge in [-0.2, -0.15) is 0 Å². The molecule has 1 heterocycles. The van der Waals surface area contributed by atoms with Crippen molar-refractivity contribution in [2.75, 3.05) is 11.9 Å². The lowest BCUT2D eigenvalue weighted by Crippen LogP contribution is -2.20. The molecule has 0 atom stereocenters. The largest absolute Gasteiger partial charge is 0.484 e. The number of benzene rings is 1. The molecule has 7 heteroatoms. The molecule has 0 unspecified atom stereocenters. The van der Waals surface area contributed by atoms with Gasteiger partial charge in [0.05, 0.1) is 0 Å². The molecule has 0 fully saturated rings. The Morgan fingerprint density at radius 3 is 2.52 bits per heavy atom. The van der Waals surface area contributed by atoms with E-state index in [-0.39, 0.29) is 18.3 Å². The first-order chi connectivity index (χ1) is 10.9. The molecular weight excluding hydrogens is 314 g/mol. The number of carbonyl (C=O) groups excluding carboxylic acids is 2. The fourth-order valence-corrected chi connectivity index (χ4v) is 2.79. The zero-order chi connectivity index (χ0) is 16.8. The molecule has 1 aromatic heterocycles. The molecule has 0 spiro atoms. The van der Waals surface area contributed by atoms with Crippen molar-refractivity contribution < 1.29 is 14.3 Å². The topological polar surface area (TPSA) is 81.2 Å². The van der Waals surface area contributed by atoms with Crippen LogP contribution < -0.4 is 10.1 Å². The minimum atomic E-state index is -0.298.